The topological polar surface area (TPSA) is 105 Å². The molecule has 8 heteroatoms. The fraction of sp³-hybridized carbons (Fsp3) is 0.786. The van der Waals surface area contributed by atoms with Crippen molar-refractivity contribution in [3.8, 4) is 0 Å². The minimum atomic E-state index is -0.573. The van der Waals surface area contributed by atoms with Gasteiger partial charge in [-0.15, -0.1) is 0 Å². The van der Waals surface area contributed by atoms with Crippen LogP contribution in [0.5, 0.6) is 0 Å². The fourth-order valence-corrected chi connectivity index (χ4v) is 8.92. The molecule has 0 bridgehead atoms. The fourth-order valence-electron chi connectivity index (χ4n) is 8.92. The summed E-state index contributed by atoms with van der Waals surface area (Å²) in [7, 11) is 0. The van der Waals surface area contributed by atoms with Crippen LogP contribution in [0.2, 0.25) is 0 Å². The molecule has 1 spiro atoms. The molecule has 36 heavy (non-hydrogen) atoms. The molecule has 4 aliphatic carbocycles. The van der Waals surface area contributed by atoms with Crippen molar-refractivity contribution < 1.29 is 38.1 Å². The highest BCUT2D eigenvalue weighted by molar-refractivity contribution is 5.72. The van der Waals surface area contributed by atoms with Crippen molar-refractivity contribution in [3.63, 3.8) is 0 Å². The number of carbonyl (C=O) groups excluding carboxylic acids is 4. The lowest BCUT2D eigenvalue weighted by Gasteiger charge is -2.62. The Morgan fingerprint density at radius 1 is 0.944 bits per heavy atom. The first kappa shape index (κ1) is 25.3. The predicted molar refractivity (Wildman–Crippen MR) is 127 cm³/mol. The van der Waals surface area contributed by atoms with Crippen LogP contribution in [-0.2, 0) is 38.1 Å². The number of fused-ring (bicyclic) bond motifs is 6. The minimum absolute atomic E-state index is 0.0608. The minimum Gasteiger partial charge on any atom is -0.462 e. The third kappa shape index (κ3) is 3.77. The lowest BCUT2D eigenvalue weighted by Crippen LogP contribution is -2.63. The molecule has 5 rings (SSSR count). The number of hydrogen-bond acceptors (Lipinski definition) is 8. The largest absolute Gasteiger partial charge is 0.462 e. The number of hydrogen-bond donors (Lipinski definition) is 0. The summed E-state index contributed by atoms with van der Waals surface area (Å²) in [4.78, 5) is 48.6. The van der Waals surface area contributed by atoms with E-state index in [0.717, 1.165) is 31.3 Å². The van der Waals surface area contributed by atoms with E-state index in [2.05, 4.69) is 19.9 Å². The Morgan fingerprint density at radius 3 is 2.25 bits per heavy atom. The van der Waals surface area contributed by atoms with Crippen LogP contribution in [0.3, 0.4) is 0 Å². The first-order valence-corrected chi connectivity index (χ1v) is 13.3. The predicted octanol–water partition coefficient (Wildman–Crippen LogP) is 4.04. The standard InChI is InChI=1S/C28H38O8/c1-15(29)33-19-6-9-26(4)18(12-19)13-21(34-16(2)30)24-20-7-10-28(11-8-23(32)36-28)27(20,5)14-22(25(24)26)35-17(3)31/h13,19-22,24-25H,6-12,14H2,1-5H3/t19-,20?,21?,22?,24?,25?,26-,27-,28+/m0/s1. The molecule has 0 amide bonds. The lowest BCUT2D eigenvalue weighted by atomic mass is 9.45. The van der Waals surface area contributed by atoms with E-state index in [-0.39, 0.29) is 53.1 Å². The Hall–Kier alpha value is -2.38. The second-order valence-electron chi connectivity index (χ2n) is 12.1. The highest BCUT2D eigenvalue weighted by Gasteiger charge is 2.71. The van der Waals surface area contributed by atoms with Crippen molar-refractivity contribution in [1.82, 2.24) is 0 Å². The van der Waals surface area contributed by atoms with Crippen LogP contribution in [0.4, 0.5) is 0 Å². The quantitative estimate of drug-likeness (QED) is 0.323. The van der Waals surface area contributed by atoms with Crippen LogP contribution in [-0.4, -0.2) is 47.8 Å². The zero-order valence-corrected chi connectivity index (χ0v) is 22.0. The van der Waals surface area contributed by atoms with E-state index in [1.54, 1.807) is 0 Å². The van der Waals surface area contributed by atoms with E-state index in [1.807, 2.05) is 0 Å². The molecule has 8 nitrogen and oxygen atoms in total. The van der Waals surface area contributed by atoms with Crippen LogP contribution >= 0.6 is 0 Å². The van der Waals surface area contributed by atoms with E-state index >= 15 is 0 Å². The molecule has 5 unspecified atom stereocenters. The van der Waals surface area contributed by atoms with E-state index in [0.29, 0.717) is 25.7 Å². The summed E-state index contributed by atoms with van der Waals surface area (Å²) in [6, 6.07) is 0. The summed E-state index contributed by atoms with van der Waals surface area (Å²) in [5, 5.41) is 0. The van der Waals surface area contributed by atoms with Gasteiger partial charge in [-0.25, -0.2) is 0 Å². The van der Waals surface area contributed by atoms with Crippen molar-refractivity contribution in [2.75, 3.05) is 0 Å². The monoisotopic (exact) mass is 502 g/mol. The van der Waals surface area contributed by atoms with Gasteiger partial charge in [0, 0.05) is 50.9 Å². The Bertz CT molecular complexity index is 1020. The Morgan fingerprint density at radius 2 is 1.64 bits per heavy atom. The number of ether oxygens (including phenoxy) is 4. The van der Waals surface area contributed by atoms with Gasteiger partial charge in [-0.1, -0.05) is 19.4 Å². The molecule has 0 N–H and O–H groups in total. The van der Waals surface area contributed by atoms with Crippen molar-refractivity contribution in [2.24, 2.45) is 28.6 Å². The molecule has 4 fully saturated rings. The zero-order chi connectivity index (χ0) is 26.0. The van der Waals surface area contributed by atoms with E-state index in [1.165, 1.54) is 20.8 Å². The molecule has 198 valence electrons. The maximum Gasteiger partial charge on any atom is 0.306 e. The maximum atomic E-state index is 12.4. The van der Waals surface area contributed by atoms with Gasteiger partial charge in [-0.2, -0.15) is 0 Å². The third-order valence-corrected chi connectivity index (χ3v) is 10.3. The van der Waals surface area contributed by atoms with Gasteiger partial charge in [0.25, 0.3) is 0 Å². The van der Waals surface area contributed by atoms with E-state index in [4.69, 9.17) is 18.9 Å². The first-order valence-electron chi connectivity index (χ1n) is 13.3. The van der Waals surface area contributed by atoms with Crippen molar-refractivity contribution >= 4 is 23.9 Å². The van der Waals surface area contributed by atoms with Gasteiger partial charge in [0.1, 0.15) is 23.9 Å². The van der Waals surface area contributed by atoms with Crippen LogP contribution in [0, 0.1) is 28.6 Å². The molecular weight excluding hydrogens is 464 g/mol. The number of carbonyl (C=O) groups is 4. The van der Waals surface area contributed by atoms with E-state index < -0.39 is 23.2 Å². The average molecular weight is 503 g/mol. The first-order chi connectivity index (χ1) is 16.9. The Balaban J connectivity index is 1.61. The molecule has 0 aromatic carbocycles. The second kappa shape index (κ2) is 8.59. The van der Waals surface area contributed by atoms with Crippen LogP contribution in [0.25, 0.3) is 0 Å². The highest BCUT2D eigenvalue weighted by atomic mass is 16.6. The molecule has 0 radical (unpaired) electrons. The Kier molecular flexibility index (Phi) is 6.03. The summed E-state index contributed by atoms with van der Waals surface area (Å²) in [6.45, 7) is 8.69. The molecule has 9 atom stereocenters. The summed E-state index contributed by atoms with van der Waals surface area (Å²) in [5.74, 6) is -1.16. The molecule has 1 saturated heterocycles. The van der Waals surface area contributed by atoms with Crippen molar-refractivity contribution in [3.05, 3.63) is 11.6 Å². The zero-order valence-electron chi connectivity index (χ0n) is 22.0. The molecule has 5 aliphatic rings. The van der Waals surface area contributed by atoms with Gasteiger partial charge in [-0.05, 0) is 55.9 Å². The van der Waals surface area contributed by atoms with Crippen molar-refractivity contribution in [2.45, 2.75) is 110 Å². The van der Waals surface area contributed by atoms with Gasteiger partial charge in [0.15, 0.2) is 0 Å². The van der Waals surface area contributed by atoms with Crippen LogP contribution in [0.15, 0.2) is 11.6 Å². The molecule has 0 aromatic heterocycles. The van der Waals surface area contributed by atoms with Crippen molar-refractivity contribution in [1.29, 1.82) is 0 Å². The van der Waals surface area contributed by atoms with Gasteiger partial charge >= 0.3 is 23.9 Å². The van der Waals surface area contributed by atoms with Gasteiger partial charge in [-0.3, -0.25) is 19.2 Å². The third-order valence-electron chi connectivity index (χ3n) is 10.3. The summed E-state index contributed by atoms with van der Waals surface area (Å²) in [5.41, 5.74) is -0.151. The molecule has 1 aliphatic heterocycles. The van der Waals surface area contributed by atoms with Gasteiger partial charge in [0.2, 0.25) is 0 Å². The smallest absolute Gasteiger partial charge is 0.306 e. The summed E-state index contributed by atoms with van der Waals surface area (Å²) in [6.07, 6.45) is 6.38. The SMILES string of the molecule is CC(=O)OC1C=C2C[C@@H](OC(C)=O)CC[C@]2(C)C2C(OC(C)=O)C[C@@]3(C)C(CC[C@@]34CCC(=O)O4)C12. The van der Waals surface area contributed by atoms with Crippen LogP contribution < -0.4 is 0 Å². The van der Waals surface area contributed by atoms with E-state index in [9.17, 15) is 19.2 Å². The summed E-state index contributed by atoms with van der Waals surface area (Å²) >= 11 is 0. The van der Waals surface area contributed by atoms with Gasteiger partial charge in [0.05, 0.1) is 0 Å². The average Bonchev–Trinajstić information content (AvgIpc) is 3.27. The normalized spacial score (nSPS) is 45.0. The highest BCUT2D eigenvalue weighted by Crippen LogP contribution is 2.70. The number of esters is 4. The molecular formula is C28H38O8. The summed E-state index contributed by atoms with van der Waals surface area (Å²) < 4.78 is 23.7. The number of rotatable bonds is 3. The Labute approximate surface area is 212 Å². The lowest BCUT2D eigenvalue weighted by molar-refractivity contribution is -0.209. The molecule has 1 heterocycles. The van der Waals surface area contributed by atoms with Gasteiger partial charge < -0.3 is 18.9 Å². The van der Waals surface area contributed by atoms with Crippen LogP contribution in [0.1, 0.15) is 86.0 Å². The maximum absolute atomic E-state index is 12.4. The molecule has 3 saturated carbocycles. The molecule has 0 aromatic rings. The second-order valence-corrected chi connectivity index (χ2v) is 12.1.